The highest BCUT2D eigenvalue weighted by molar-refractivity contribution is 5.89. The van der Waals surface area contributed by atoms with Crippen molar-refractivity contribution in [2.45, 2.75) is 34.6 Å². The molecule has 0 atom stereocenters. The SMILES string of the molecule is Cc1ccc2ncnc(N(CC(C)C)CC(C)C)c2c1.Cl. The number of hydrogen-bond donors (Lipinski definition) is 0. The summed E-state index contributed by atoms with van der Waals surface area (Å²) in [6.45, 7) is 13.2. The molecule has 1 aromatic carbocycles. The Morgan fingerprint density at radius 1 is 1.00 bits per heavy atom. The number of aryl methyl sites for hydroxylation is 1. The fourth-order valence-corrected chi connectivity index (χ4v) is 2.54. The van der Waals surface area contributed by atoms with Crippen LogP contribution >= 0.6 is 12.4 Å². The predicted octanol–water partition coefficient (Wildman–Crippen LogP) is 4.48. The van der Waals surface area contributed by atoms with Gasteiger partial charge in [0.25, 0.3) is 0 Å². The van der Waals surface area contributed by atoms with Crippen LogP contribution in [0.5, 0.6) is 0 Å². The predicted molar refractivity (Wildman–Crippen MR) is 93.4 cm³/mol. The van der Waals surface area contributed by atoms with Crippen molar-refractivity contribution in [2.24, 2.45) is 11.8 Å². The molecule has 0 N–H and O–H groups in total. The zero-order valence-electron chi connectivity index (χ0n) is 13.6. The summed E-state index contributed by atoms with van der Waals surface area (Å²) in [5.74, 6) is 2.30. The van der Waals surface area contributed by atoms with E-state index >= 15 is 0 Å². The number of anilines is 1. The van der Waals surface area contributed by atoms with E-state index in [1.165, 1.54) is 5.56 Å². The Hall–Kier alpha value is -1.35. The van der Waals surface area contributed by atoms with Gasteiger partial charge in [0.2, 0.25) is 0 Å². The number of fused-ring (bicyclic) bond motifs is 1. The van der Waals surface area contributed by atoms with E-state index in [2.05, 4.69) is 67.7 Å². The normalized spacial score (nSPS) is 11.0. The van der Waals surface area contributed by atoms with Crippen LogP contribution in [-0.2, 0) is 0 Å². The Labute approximate surface area is 134 Å². The molecule has 0 unspecified atom stereocenters. The van der Waals surface area contributed by atoms with Crippen molar-refractivity contribution in [1.82, 2.24) is 9.97 Å². The number of nitrogens with zero attached hydrogens (tertiary/aromatic N) is 3. The zero-order chi connectivity index (χ0) is 14.7. The maximum absolute atomic E-state index is 4.57. The van der Waals surface area contributed by atoms with Gasteiger partial charge in [-0.25, -0.2) is 9.97 Å². The van der Waals surface area contributed by atoms with E-state index < -0.39 is 0 Å². The highest BCUT2D eigenvalue weighted by Crippen LogP contribution is 2.25. The van der Waals surface area contributed by atoms with Gasteiger partial charge in [-0.2, -0.15) is 0 Å². The van der Waals surface area contributed by atoms with Crippen molar-refractivity contribution < 1.29 is 0 Å². The van der Waals surface area contributed by atoms with Crippen LogP contribution in [0.4, 0.5) is 5.82 Å². The minimum absolute atomic E-state index is 0. The van der Waals surface area contributed by atoms with Gasteiger partial charge in [-0.15, -0.1) is 12.4 Å². The highest BCUT2D eigenvalue weighted by Gasteiger charge is 2.15. The maximum Gasteiger partial charge on any atom is 0.139 e. The highest BCUT2D eigenvalue weighted by atomic mass is 35.5. The van der Waals surface area contributed by atoms with Crippen LogP contribution in [0.2, 0.25) is 0 Å². The summed E-state index contributed by atoms with van der Waals surface area (Å²) in [7, 11) is 0. The summed E-state index contributed by atoms with van der Waals surface area (Å²) < 4.78 is 0. The molecule has 1 aromatic heterocycles. The lowest BCUT2D eigenvalue weighted by Gasteiger charge is -2.28. The molecular weight excluding hydrogens is 282 g/mol. The van der Waals surface area contributed by atoms with Gasteiger partial charge < -0.3 is 4.90 Å². The van der Waals surface area contributed by atoms with Crippen LogP contribution in [0, 0.1) is 18.8 Å². The van der Waals surface area contributed by atoms with E-state index in [0.717, 1.165) is 29.8 Å². The van der Waals surface area contributed by atoms with Crippen LogP contribution in [-0.4, -0.2) is 23.1 Å². The third kappa shape index (κ3) is 4.57. The Morgan fingerprint density at radius 3 is 2.19 bits per heavy atom. The molecule has 0 aliphatic carbocycles. The van der Waals surface area contributed by atoms with Crippen molar-refractivity contribution in [2.75, 3.05) is 18.0 Å². The summed E-state index contributed by atoms with van der Waals surface area (Å²) in [4.78, 5) is 11.4. The van der Waals surface area contributed by atoms with E-state index in [1.54, 1.807) is 6.33 Å². The van der Waals surface area contributed by atoms with Crippen molar-refractivity contribution in [3.8, 4) is 0 Å². The van der Waals surface area contributed by atoms with Crippen LogP contribution in [0.3, 0.4) is 0 Å². The van der Waals surface area contributed by atoms with Gasteiger partial charge in [-0.1, -0.05) is 39.3 Å². The molecule has 0 bridgehead atoms. The summed E-state index contributed by atoms with van der Waals surface area (Å²) in [6, 6.07) is 6.38. The zero-order valence-corrected chi connectivity index (χ0v) is 14.4. The van der Waals surface area contributed by atoms with Crippen LogP contribution < -0.4 is 4.90 Å². The van der Waals surface area contributed by atoms with E-state index in [4.69, 9.17) is 0 Å². The third-order valence-corrected chi connectivity index (χ3v) is 3.24. The number of aromatic nitrogens is 2. The molecule has 2 rings (SSSR count). The Morgan fingerprint density at radius 2 is 1.62 bits per heavy atom. The molecule has 0 saturated carbocycles. The lowest BCUT2D eigenvalue weighted by atomic mass is 10.1. The molecule has 0 aliphatic heterocycles. The van der Waals surface area contributed by atoms with Gasteiger partial charge in [0.15, 0.2) is 0 Å². The van der Waals surface area contributed by atoms with Crippen molar-refractivity contribution in [3.63, 3.8) is 0 Å². The monoisotopic (exact) mass is 307 g/mol. The third-order valence-electron chi connectivity index (χ3n) is 3.24. The summed E-state index contributed by atoms with van der Waals surface area (Å²) in [5.41, 5.74) is 2.28. The molecule has 0 spiro atoms. The minimum atomic E-state index is 0. The van der Waals surface area contributed by atoms with E-state index in [0.29, 0.717) is 11.8 Å². The topological polar surface area (TPSA) is 29.0 Å². The van der Waals surface area contributed by atoms with E-state index in [-0.39, 0.29) is 12.4 Å². The van der Waals surface area contributed by atoms with Crippen LogP contribution in [0.1, 0.15) is 33.3 Å². The van der Waals surface area contributed by atoms with Gasteiger partial charge in [-0.05, 0) is 30.9 Å². The van der Waals surface area contributed by atoms with Gasteiger partial charge >= 0.3 is 0 Å². The minimum Gasteiger partial charge on any atom is -0.355 e. The first-order chi connectivity index (χ1) is 9.47. The second-order valence-electron chi connectivity index (χ2n) is 6.41. The Balaban J connectivity index is 0.00000220. The van der Waals surface area contributed by atoms with Gasteiger partial charge in [0, 0.05) is 18.5 Å². The molecule has 4 heteroatoms. The number of halogens is 1. The number of benzene rings is 1. The molecular formula is C17H26ClN3. The average molecular weight is 308 g/mol. The molecule has 0 radical (unpaired) electrons. The lowest BCUT2D eigenvalue weighted by molar-refractivity contribution is 0.550. The molecule has 0 aliphatic rings. The van der Waals surface area contributed by atoms with Crippen LogP contribution in [0.15, 0.2) is 24.5 Å². The van der Waals surface area contributed by atoms with Gasteiger partial charge in [0.05, 0.1) is 5.52 Å². The largest absolute Gasteiger partial charge is 0.355 e. The Bertz CT molecular complexity index is 571. The fourth-order valence-electron chi connectivity index (χ4n) is 2.54. The average Bonchev–Trinajstić information content (AvgIpc) is 2.36. The smallest absolute Gasteiger partial charge is 0.139 e. The molecule has 1 heterocycles. The lowest BCUT2D eigenvalue weighted by Crippen LogP contribution is -2.32. The molecule has 0 amide bonds. The standard InChI is InChI=1S/C17H25N3.ClH/c1-12(2)9-20(10-13(3)4)17-15-8-14(5)6-7-16(15)18-11-19-17;/h6-8,11-13H,9-10H2,1-5H3;1H. The summed E-state index contributed by atoms with van der Waals surface area (Å²) in [6.07, 6.45) is 1.68. The van der Waals surface area contributed by atoms with Crippen molar-refractivity contribution in [3.05, 3.63) is 30.1 Å². The van der Waals surface area contributed by atoms with Crippen molar-refractivity contribution >= 4 is 29.1 Å². The Kier molecular flexibility index (Phi) is 6.41. The first kappa shape index (κ1) is 17.7. The second kappa shape index (κ2) is 7.60. The molecule has 21 heavy (non-hydrogen) atoms. The maximum atomic E-state index is 4.57. The molecule has 3 nitrogen and oxygen atoms in total. The number of rotatable bonds is 5. The van der Waals surface area contributed by atoms with Crippen LogP contribution in [0.25, 0.3) is 10.9 Å². The van der Waals surface area contributed by atoms with Crippen molar-refractivity contribution in [1.29, 1.82) is 0 Å². The molecule has 0 saturated heterocycles. The van der Waals surface area contributed by atoms with E-state index in [9.17, 15) is 0 Å². The summed E-state index contributed by atoms with van der Waals surface area (Å²) in [5, 5.41) is 1.16. The molecule has 0 fully saturated rings. The number of hydrogen-bond acceptors (Lipinski definition) is 3. The first-order valence-corrected chi connectivity index (χ1v) is 7.43. The first-order valence-electron chi connectivity index (χ1n) is 7.43. The van der Waals surface area contributed by atoms with Gasteiger partial charge in [0.1, 0.15) is 12.1 Å². The second-order valence-corrected chi connectivity index (χ2v) is 6.41. The quantitative estimate of drug-likeness (QED) is 0.815. The summed E-state index contributed by atoms with van der Waals surface area (Å²) >= 11 is 0. The van der Waals surface area contributed by atoms with E-state index in [1.807, 2.05) is 0 Å². The molecule has 116 valence electrons. The van der Waals surface area contributed by atoms with Gasteiger partial charge in [-0.3, -0.25) is 0 Å². The molecule has 2 aromatic rings. The fraction of sp³-hybridized carbons (Fsp3) is 0.529.